The Morgan fingerprint density at radius 2 is 2.38 bits per heavy atom. The topological polar surface area (TPSA) is 17.8 Å². The summed E-state index contributed by atoms with van der Waals surface area (Å²) in [6.45, 7) is 7.35. The van der Waals surface area contributed by atoms with Crippen molar-refractivity contribution in [3.05, 3.63) is 24.6 Å². The fourth-order valence-electron chi connectivity index (χ4n) is 0.520. The normalized spacial score (nSPS) is 9.88. The van der Waals surface area contributed by atoms with Crippen LogP contribution in [0.5, 0.6) is 0 Å². The minimum atomic E-state index is 0.711. The first kappa shape index (κ1) is 5.35. The lowest BCUT2D eigenvalue weighted by molar-refractivity contribution is 0.842. The van der Waals surface area contributed by atoms with Gasteiger partial charge >= 0.3 is 0 Å². The molecule has 0 bridgehead atoms. The number of aromatic nitrogens is 2. The molecule has 8 heavy (non-hydrogen) atoms. The van der Waals surface area contributed by atoms with Gasteiger partial charge in [0.15, 0.2) is 0 Å². The molecule has 2 heteroatoms. The Kier molecular flexibility index (Phi) is 1.08. The van der Waals surface area contributed by atoms with E-state index in [0.717, 1.165) is 5.82 Å². The second-order valence-electron chi connectivity index (χ2n) is 1.79. The fourth-order valence-corrected chi connectivity index (χ4v) is 0.520. The van der Waals surface area contributed by atoms with Crippen LogP contribution in [0.3, 0.4) is 0 Å². The zero-order valence-electron chi connectivity index (χ0n) is 5.05. The molecule has 1 rings (SSSR count). The lowest BCUT2D eigenvalue weighted by Crippen LogP contribution is -1.92. The third-order valence-electron chi connectivity index (χ3n) is 1.26. The first-order valence-corrected chi connectivity index (χ1v) is 2.45. The zero-order chi connectivity index (χ0) is 6.15. The van der Waals surface area contributed by atoms with Crippen LogP contribution in [0.25, 0.3) is 0 Å². The fraction of sp³-hybridized carbons (Fsp3) is 0.333. The summed E-state index contributed by atoms with van der Waals surface area (Å²) in [5.74, 6) is 0.947. The summed E-state index contributed by atoms with van der Waals surface area (Å²) in [5, 5.41) is 0. The van der Waals surface area contributed by atoms with Gasteiger partial charge in [-0.3, -0.25) is 0 Å². The van der Waals surface area contributed by atoms with Gasteiger partial charge < -0.3 is 4.57 Å². The minimum Gasteiger partial charge on any atom is -0.335 e. The van der Waals surface area contributed by atoms with E-state index in [0.29, 0.717) is 5.69 Å². The summed E-state index contributed by atoms with van der Waals surface area (Å²) < 4.78 is 1.83. The molecule has 0 atom stereocenters. The molecule has 0 amide bonds. The highest BCUT2D eigenvalue weighted by atomic mass is 15.0. The highest BCUT2D eigenvalue weighted by molar-refractivity contribution is 5.05. The molecule has 0 fully saturated rings. The van der Waals surface area contributed by atoms with E-state index in [4.69, 9.17) is 6.92 Å². The lowest BCUT2D eigenvalue weighted by atomic mass is 10.5. The van der Waals surface area contributed by atoms with E-state index in [2.05, 4.69) is 4.98 Å². The average molecular weight is 108 g/mol. The van der Waals surface area contributed by atoms with Gasteiger partial charge in [-0.2, -0.15) is 0 Å². The molecule has 2 nitrogen and oxygen atoms in total. The monoisotopic (exact) mass is 108 g/mol. The highest BCUT2D eigenvalue weighted by Crippen LogP contribution is 1.96. The summed E-state index contributed by atoms with van der Waals surface area (Å²) in [6.07, 6.45) is 1.65. The second-order valence-corrected chi connectivity index (χ2v) is 1.79. The summed E-state index contributed by atoms with van der Waals surface area (Å²) in [6, 6.07) is 0. The SMILES string of the molecule is [CH]c1cnc(C)n1C. The lowest BCUT2D eigenvalue weighted by Gasteiger charge is -1.93. The number of hydrogen-bond donors (Lipinski definition) is 0. The second kappa shape index (κ2) is 1.62. The van der Waals surface area contributed by atoms with Crippen LogP contribution in [-0.4, -0.2) is 9.55 Å². The van der Waals surface area contributed by atoms with Crippen molar-refractivity contribution in [3.8, 4) is 0 Å². The molecule has 0 aliphatic carbocycles. The van der Waals surface area contributed by atoms with Gasteiger partial charge in [0.25, 0.3) is 0 Å². The maximum atomic E-state index is 5.44. The zero-order valence-corrected chi connectivity index (χ0v) is 5.05. The molecule has 42 valence electrons. The van der Waals surface area contributed by atoms with Crippen molar-refractivity contribution in [2.24, 2.45) is 7.05 Å². The number of hydrogen-bond acceptors (Lipinski definition) is 1. The number of rotatable bonds is 0. The molecule has 0 aliphatic rings. The molecule has 0 N–H and O–H groups in total. The van der Waals surface area contributed by atoms with E-state index in [-0.39, 0.29) is 0 Å². The summed E-state index contributed by atoms with van der Waals surface area (Å²) in [4.78, 5) is 3.95. The smallest absolute Gasteiger partial charge is 0.105 e. The summed E-state index contributed by atoms with van der Waals surface area (Å²) in [7, 11) is 1.89. The Morgan fingerprint density at radius 1 is 1.75 bits per heavy atom. The van der Waals surface area contributed by atoms with Crippen molar-refractivity contribution in [3.63, 3.8) is 0 Å². The minimum absolute atomic E-state index is 0.711. The van der Waals surface area contributed by atoms with Crippen LogP contribution in [0.15, 0.2) is 6.20 Å². The Balaban J connectivity index is 3.19. The Labute approximate surface area is 49.2 Å². The first-order valence-electron chi connectivity index (χ1n) is 2.45. The Hall–Kier alpha value is -0.790. The Bertz CT molecular complexity index is 169. The molecule has 0 spiro atoms. The van der Waals surface area contributed by atoms with E-state index >= 15 is 0 Å². The van der Waals surface area contributed by atoms with Crippen LogP contribution in [0, 0.1) is 13.8 Å². The van der Waals surface area contributed by atoms with Crippen molar-refractivity contribution in [1.82, 2.24) is 9.55 Å². The molecule has 0 aliphatic heterocycles. The van der Waals surface area contributed by atoms with Crippen molar-refractivity contribution in [2.45, 2.75) is 6.92 Å². The van der Waals surface area contributed by atoms with Gasteiger partial charge in [-0.1, -0.05) is 0 Å². The van der Waals surface area contributed by atoms with Gasteiger partial charge in [0.2, 0.25) is 0 Å². The maximum Gasteiger partial charge on any atom is 0.105 e. The largest absolute Gasteiger partial charge is 0.335 e. The van der Waals surface area contributed by atoms with Crippen LogP contribution in [0.2, 0.25) is 0 Å². The van der Waals surface area contributed by atoms with Gasteiger partial charge in [-0.15, -0.1) is 0 Å². The van der Waals surface area contributed by atoms with Crippen LogP contribution < -0.4 is 0 Å². The molecule has 1 aromatic rings. The van der Waals surface area contributed by atoms with Crippen molar-refractivity contribution in [2.75, 3.05) is 0 Å². The van der Waals surface area contributed by atoms with E-state index in [1.165, 1.54) is 0 Å². The van der Waals surface area contributed by atoms with Gasteiger partial charge in [-0.25, -0.2) is 4.98 Å². The van der Waals surface area contributed by atoms with Crippen LogP contribution in [0.4, 0.5) is 0 Å². The Morgan fingerprint density at radius 3 is 2.50 bits per heavy atom. The van der Waals surface area contributed by atoms with Crippen LogP contribution >= 0.6 is 0 Å². The third kappa shape index (κ3) is 0.619. The van der Waals surface area contributed by atoms with Crippen molar-refractivity contribution < 1.29 is 0 Å². The van der Waals surface area contributed by atoms with Crippen molar-refractivity contribution in [1.29, 1.82) is 0 Å². The van der Waals surface area contributed by atoms with Crippen LogP contribution in [-0.2, 0) is 7.05 Å². The molecule has 1 aromatic heterocycles. The molecular weight excluding hydrogens is 100 g/mol. The molecule has 0 unspecified atom stereocenters. The van der Waals surface area contributed by atoms with Gasteiger partial charge in [-0.05, 0) is 6.92 Å². The van der Waals surface area contributed by atoms with Gasteiger partial charge in [0.1, 0.15) is 5.82 Å². The van der Waals surface area contributed by atoms with E-state index in [1.807, 2.05) is 18.5 Å². The first-order chi connectivity index (χ1) is 3.72. The third-order valence-corrected chi connectivity index (χ3v) is 1.26. The van der Waals surface area contributed by atoms with Gasteiger partial charge in [0.05, 0.1) is 0 Å². The molecule has 0 saturated heterocycles. The number of nitrogens with zero attached hydrogens (tertiary/aromatic N) is 2. The molecule has 0 aromatic carbocycles. The average Bonchev–Trinajstić information content (AvgIpc) is 1.98. The summed E-state index contributed by atoms with van der Waals surface area (Å²) >= 11 is 0. The highest BCUT2D eigenvalue weighted by Gasteiger charge is 1.93. The van der Waals surface area contributed by atoms with E-state index < -0.39 is 0 Å². The maximum absolute atomic E-state index is 5.44. The van der Waals surface area contributed by atoms with Crippen LogP contribution in [0.1, 0.15) is 11.5 Å². The number of imidazole rings is 1. The molecule has 2 radical (unpaired) electrons. The van der Waals surface area contributed by atoms with E-state index in [1.54, 1.807) is 6.20 Å². The molecule has 0 saturated carbocycles. The standard InChI is InChI=1S/C6H8N2/c1-5-4-7-6(2)8(5)3/h1,4H,2-3H3. The van der Waals surface area contributed by atoms with E-state index in [9.17, 15) is 0 Å². The molecule has 1 heterocycles. The quantitative estimate of drug-likeness (QED) is 0.480. The van der Waals surface area contributed by atoms with Gasteiger partial charge in [0, 0.05) is 25.9 Å². The predicted octanol–water partition coefficient (Wildman–Crippen LogP) is 0.788. The van der Waals surface area contributed by atoms with Crippen molar-refractivity contribution >= 4 is 0 Å². The predicted molar refractivity (Wildman–Crippen MR) is 31.3 cm³/mol. The summed E-state index contributed by atoms with van der Waals surface area (Å²) in [5.41, 5.74) is 0.711. The molecular formula is C6H8N2. The number of aryl methyl sites for hydroxylation is 1.